The lowest BCUT2D eigenvalue weighted by Crippen LogP contribution is -2.41. The Hall–Kier alpha value is -2.42. The number of hydrogen-bond donors (Lipinski definition) is 1. The van der Waals surface area contributed by atoms with Crippen LogP contribution >= 0.6 is 11.6 Å². The summed E-state index contributed by atoms with van der Waals surface area (Å²) in [5.41, 5.74) is 2.37. The molecule has 0 unspecified atom stereocenters. The van der Waals surface area contributed by atoms with Crippen LogP contribution in [0.5, 0.6) is 0 Å². The van der Waals surface area contributed by atoms with Crippen molar-refractivity contribution in [1.29, 1.82) is 0 Å². The summed E-state index contributed by atoms with van der Waals surface area (Å²) in [4.78, 5) is 27.4. The highest BCUT2D eigenvalue weighted by Crippen LogP contribution is 2.40. The molecular formula is C25H28ClN3O4S. The Labute approximate surface area is 205 Å². The zero-order valence-electron chi connectivity index (χ0n) is 19.0. The van der Waals surface area contributed by atoms with Gasteiger partial charge in [-0.05, 0) is 81.0 Å². The van der Waals surface area contributed by atoms with Crippen molar-refractivity contribution in [2.24, 2.45) is 11.8 Å². The maximum Gasteiger partial charge on any atom is 0.243 e. The van der Waals surface area contributed by atoms with Gasteiger partial charge in [0.2, 0.25) is 21.8 Å². The molecule has 0 radical (unpaired) electrons. The molecule has 3 aliphatic rings. The molecule has 2 amide bonds. The molecule has 2 heterocycles. The summed E-state index contributed by atoms with van der Waals surface area (Å²) >= 11 is 5.98. The summed E-state index contributed by atoms with van der Waals surface area (Å²) in [6.07, 6.45) is 3.45. The van der Waals surface area contributed by atoms with Gasteiger partial charge in [0.15, 0.2) is 0 Å². The number of carbonyl (C=O) groups excluding carboxylic acids is 2. The molecule has 9 heteroatoms. The topological polar surface area (TPSA) is 86.8 Å². The molecule has 180 valence electrons. The normalized spacial score (nSPS) is 21.4. The minimum Gasteiger partial charge on any atom is -0.326 e. The number of amides is 2. The molecular weight excluding hydrogens is 474 g/mol. The van der Waals surface area contributed by atoms with Gasteiger partial charge in [0, 0.05) is 47.4 Å². The summed E-state index contributed by atoms with van der Waals surface area (Å²) in [7, 11) is -3.68. The van der Waals surface area contributed by atoms with Gasteiger partial charge in [-0.1, -0.05) is 17.7 Å². The van der Waals surface area contributed by atoms with Gasteiger partial charge in [0.1, 0.15) is 0 Å². The van der Waals surface area contributed by atoms with Crippen LogP contribution < -0.4 is 10.2 Å². The van der Waals surface area contributed by atoms with Gasteiger partial charge < -0.3 is 10.2 Å². The van der Waals surface area contributed by atoms with E-state index in [4.69, 9.17) is 11.6 Å². The number of fused-ring (bicyclic) bond motifs is 1. The highest BCUT2D eigenvalue weighted by molar-refractivity contribution is 7.89. The van der Waals surface area contributed by atoms with Crippen molar-refractivity contribution >= 4 is 44.8 Å². The second kappa shape index (κ2) is 8.98. The fourth-order valence-corrected chi connectivity index (χ4v) is 6.66. The molecule has 5 rings (SSSR count). The second-order valence-electron chi connectivity index (χ2n) is 9.50. The highest BCUT2D eigenvalue weighted by atomic mass is 35.5. The van der Waals surface area contributed by atoms with Crippen molar-refractivity contribution in [3.05, 3.63) is 53.1 Å². The van der Waals surface area contributed by atoms with Crippen molar-refractivity contribution in [2.75, 3.05) is 23.3 Å². The third-order valence-electron chi connectivity index (χ3n) is 6.99. The first kappa shape index (κ1) is 23.3. The molecule has 1 atom stereocenters. The molecule has 2 fully saturated rings. The van der Waals surface area contributed by atoms with Gasteiger partial charge in [-0.2, -0.15) is 4.31 Å². The van der Waals surface area contributed by atoms with E-state index in [9.17, 15) is 18.0 Å². The summed E-state index contributed by atoms with van der Waals surface area (Å²) < 4.78 is 28.1. The van der Waals surface area contributed by atoms with E-state index >= 15 is 0 Å². The summed E-state index contributed by atoms with van der Waals surface area (Å²) in [6.45, 7) is 2.58. The Morgan fingerprint density at radius 2 is 1.74 bits per heavy atom. The lowest BCUT2D eigenvalue weighted by Gasteiger charge is -2.30. The fourth-order valence-electron chi connectivity index (χ4n) is 4.95. The predicted molar refractivity (Wildman–Crippen MR) is 131 cm³/mol. The third-order valence-corrected chi connectivity index (χ3v) is 9.12. The van der Waals surface area contributed by atoms with Crippen molar-refractivity contribution < 1.29 is 18.0 Å². The van der Waals surface area contributed by atoms with E-state index in [1.165, 1.54) is 4.31 Å². The maximum atomic E-state index is 13.3. The summed E-state index contributed by atoms with van der Waals surface area (Å²) in [6, 6.07) is 12.1. The van der Waals surface area contributed by atoms with Crippen LogP contribution in [-0.4, -0.2) is 43.7 Å². The number of halogens is 1. The van der Waals surface area contributed by atoms with E-state index in [0.717, 1.165) is 24.1 Å². The van der Waals surface area contributed by atoms with E-state index in [1.807, 2.05) is 11.8 Å². The highest BCUT2D eigenvalue weighted by Gasteiger charge is 2.40. The Morgan fingerprint density at radius 1 is 1.00 bits per heavy atom. The number of sulfonamides is 1. The van der Waals surface area contributed by atoms with E-state index in [0.29, 0.717) is 30.0 Å². The molecule has 1 saturated carbocycles. The number of nitrogens with zero attached hydrogens (tertiary/aromatic N) is 2. The Kier molecular flexibility index (Phi) is 6.16. The molecule has 0 spiro atoms. The number of nitrogens with one attached hydrogen (secondary N) is 1. The van der Waals surface area contributed by atoms with Gasteiger partial charge in [-0.3, -0.25) is 9.59 Å². The van der Waals surface area contributed by atoms with E-state index in [2.05, 4.69) is 5.32 Å². The molecule has 2 aromatic carbocycles. The van der Waals surface area contributed by atoms with Crippen molar-refractivity contribution in [1.82, 2.24) is 4.31 Å². The Morgan fingerprint density at radius 3 is 2.41 bits per heavy atom. The van der Waals surface area contributed by atoms with E-state index in [-0.39, 0.29) is 47.7 Å². The van der Waals surface area contributed by atoms with Gasteiger partial charge in [-0.25, -0.2) is 8.42 Å². The van der Waals surface area contributed by atoms with Crippen LogP contribution in [0.4, 0.5) is 11.4 Å². The molecule has 2 aliphatic heterocycles. The third kappa shape index (κ3) is 4.46. The van der Waals surface area contributed by atoms with Crippen LogP contribution in [-0.2, 0) is 26.0 Å². The number of piperidine rings is 1. The zero-order chi connectivity index (χ0) is 24.0. The lowest BCUT2D eigenvalue weighted by atomic mass is 9.97. The monoisotopic (exact) mass is 501 g/mol. The number of anilines is 2. The number of carbonyl (C=O) groups is 2. The molecule has 34 heavy (non-hydrogen) atoms. The SMILES string of the molecule is C[C@H]1Cc2cc(S(=O)(=O)N3CCC(C(=O)Nc4cccc(Cl)c4)CC3)ccc2N1C(=O)C1CC1. The molecule has 1 saturated heterocycles. The van der Waals surface area contributed by atoms with Crippen LogP contribution in [0, 0.1) is 11.8 Å². The average Bonchev–Trinajstić information content (AvgIpc) is 3.60. The Bertz CT molecular complexity index is 1240. The molecule has 0 aromatic heterocycles. The van der Waals surface area contributed by atoms with E-state index in [1.54, 1.807) is 42.5 Å². The van der Waals surface area contributed by atoms with Crippen molar-refractivity contribution in [3.63, 3.8) is 0 Å². The van der Waals surface area contributed by atoms with Crippen LogP contribution in [0.25, 0.3) is 0 Å². The number of hydrogen-bond acceptors (Lipinski definition) is 4. The van der Waals surface area contributed by atoms with Crippen molar-refractivity contribution in [2.45, 2.75) is 50.0 Å². The van der Waals surface area contributed by atoms with Crippen LogP contribution in [0.15, 0.2) is 47.4 Å². The minimum atomic E-state index is -3.68. The molecule has 2 aromatic rings. The quantitative estimate of drug-likeness (QED) is 0.669. The van der Waals surface area contributed by atoms with E-state index < -0.39 is 10.0 Å². The largest absolute Gasteiger partial charge is 0.326 e. The first-order valence-electron chi connectivity index (χ1n) is 11.8. The molecule has 1 N–H and O–H groups in total. The standard InChI is InChI=1S/C25H28ClN3O4S/c1-16-13-19-14-22(7-8-23(19)29(16)25(31)18-5-6-18)34(32,33)28-11-9-17(10-12-28)24(30)27-21-4-2-3-20(26)15-21/h2-4,7-8,14-18H,5-6,9-13H2,1H3,(H,27,30)/t16-/m0/s1. The first-order chi connectivity index (χ1) is 16.2. The zero-order valence-corrected chi connectivity index (χ0v) is 20.6. The summed E-state index contributed by atoms with van der Waals surface area (Å²) in [5.74, 6) is -0.103. The van der Waals surface area contributed by atoms with Crippen LogP contribution in [0.2, 0.25) is 5.02 Å². The number of benzene rings is 2. The first-order valence-corrected chi connectivity index (χ1v) is 13.6. The average molecular weight is 502 g/mol. The Balaban J connectivity index is 1.25. The van der Waals surface area contributed by atoms with Gasteiger partial charge >= 0.3 is 0 Å². The van der Waals surface area contributed by atoms with Crippen LogP contribution in [0.1, 0.15) is 38.2 Å². The smallest absolute Gasteiger partial charge is 0.243 e. The molecule has 1 aliphatic carbocycles. The fraction of sp³-hybridized carbons (Fsp3) is 0.440. The minimum absolute atomic E-state index is 0.0369. The predicted octanol–water partition coefficient (Wildman–Crippen LogP) is 4.07. The number of rotatable bonds is 5. The van der Waals surface area contributed by atoms with Gasteiger partial charge in [0.25, 0.3) is 0 Å². The van der Waals surface area contributed by atoms with Crippen molar-refractivity contribution in [3.8, 4) is 0 Å². The van der Waals surface area contributed by atoms with Crippen LogP contribution in [0.3, 0.4) is 0 Å². The summed E-state index contributed by atoms with van der Waals surface area (Å²) in [5, 5.41) is 3.42. The van der Waals surface area contributed by atoms with Gasteiger partial charge in [-0.15, -0.1) is 0 Å². The maximum absolute atomic E-state index is 13.3. The molecule has 0 bridgehead atoms. The molecule has 7 nitrogen and oxygen atoms in total. The lowest BCUT2D eigenvalue weighted by molar-refractivity contribution is -0.121. The second-order valence-corrected chi connectivity index (χ2v) is 11.9. The van der Waals surface area contributed by atoms with Gasteiger partial charge in [0.05, 0.1) is 4.90 Å².